The predicted molar refractivity (Wildman–Crippen MR) is 126 cm³/mol. The first-order chi connectivity index (χ1) is 15.2. The van der Waals surface area contributed by atoms with Crippen LogP contribution in [0.1, 0.15) is 50.3 Å². The fourth-order valence-electron chi connectivity index (χ4n) is 3.95. The molecule has 1 aliphatic rings. The van der Waals surface area contributed by atoms with Gasteiger partial charge in [0.2, 0.25) is 17.7 Å². The van der Waals surface area contributed by atoms with E-state index in [1.165, 1.54) is 0 Å². The summed E-state index contributed by atoms with van der Waals surface area (Å²) >= 11 is 0. The molecule has 168 valence electrons. The molecule has 3 amide bonds. The number of amides is 3. The van der Waals surface area contributed by atoms with E-state index in [4.69, 9.17) is 11.5 Å². The average Bonchev–Trinajstić information content (AvgIpc) is 2.77. The zero-order chi connectivity index (χ0) is 23.4. The third-order valence-corrected chi connectivity index (χ3v) is 5.80. The summed E-state index contributed by atoms with van der Waals surface area (Å²) in [6, 6.07) is 14.6. The largest absolute Gasteiger partial charge is 0.398 e. The highest BCUT2D eigenvalue weighted by Gasteiger charge is 2.26. The minimum atomic E-state index is -0.764. The van der Waals surface area contributed by atoms with Gasteiger partial charge in [0.25, 0.3) is 0 Å². The minimum absolute atomic E-state index is 0.00544. The summed E-state index contributed by atoms with van der Waals surface area (Å²) in [5.74, 6) is -1.31. The smallest absolute Gasteiger partial charge is 0.240 e. The maximum atomic E-state index is 13.3. The molecule has 1 heterocycles. The number of nitrogens with one attached hydrogen (secondary N) is 1. The van der Waals surface area contributed by atoms with Crippen molar-refractivity contribution in [2.75, 3.05) is 4.90 Å². The van der Waals surface area contributed by atoms with E-state index in [0.717, 1.165) is 22.3 Å². The van der Waals surface area contributed by atoms with Crippen molar-refractivity contribution in [2.45, 2.75) is 46.2 Å². The maximum Gasteiger partial charge on any atom is 0.240 e. The molecule has 0 bridgehead atoms. The van der Waals surface area contributed by atoms with Crippen LogP contribution < -0.4 is 21.7 Å². The Labute approximate surface area is 188 Å². The second-order valence-corrected chi connectivity index (χ2v) is 8.38. The van der Waals surface area contributed by atoms with Gasteiger partial charge in [-0.05, 0) is 35.6 Å². The molecular formula is C25H30N4O3. The Morgan fingerprint density at radius 1 is 1.00 bits per heavy atom. The topological polar surface area (TPSA) is 119 Å². The lowest BCUT2D eigenvalue weighted by Gasteiger charge is -2.29. The molecule has 0 aliphatic carbocycles. The molecule has 0 unspecified atom stereocenters. The number of nitrogens with two attached hydrogens (primary N) is 2. The van der Waals surface area contributed by atoms with Crippen LogP contribution in [0.15, 0.2) is 48.5 Å². The number of carbonyl (C=O) groups excluding carboxylic acids is 3. The van der Waals surface area contributed by atoms with Gasteiger partial charge in [-0.3, -0.25) is 14.4 Å². The number of hydrogen-bond donors (Lipinski definition) is 3. The van der Waals surface area contributed by atoms with Crippen LogP contribution in [0.3, 0.4) is 0 Å². The summed E-state index contributed by atoms with van der Waals surface area (Å²) < 4.78 is 0. The molecule has 7 heteroatoms. The lowest BCUT2D eigenvalue weighted by atomic mass is 9.93. The number of nitrogens with zero attached hydrogens (tertiary/aromatic N) is 1. The van der Waals surface area contributed by atoms with Crippen molar-refractivity contribution in [3.05, 3.63) is 65.2 Å². The molecule has 0 aromatic heterocycles. The molecule has 0 saturated heterocycles. The predicted octanol–water partition coefficient (Wildman–Crippen LogP) is 2.79. The number of fused-ring (bicyclic) bond motifs is 2. The van der Waals surface area contributed by atoms with Crippen molar-refractivity contribution < 1.29 is 14.4 Å². The number of primary amides is 1. The van der Waals surface area contributed by atoms with Crippen LogP contribution >= 0.6 is 0 Å². The van der Waals surface area contributed by atoms with Gasteiger partial charge in [-0.25, -0.2) is 0 Å². The first kappa shape index (κ1) is 23.1. The van der Waals surface area contributed by atoms with E-state index >= 15 is 0 Å². The summed E-state index contributed by atoms with van der Waals surface area (Å²) in [5.41, 5.74) is 16.9. The van der Waals surface area contributed by atoms with E-state index in [0.29, 0.717) is 17.9 Å². The van der Waals surface area contributed by atoms with Gasteiger partial charge in [0.1, 0.15) is 6.04 Å². The quantitative estimate of drug-likeness (QED) is 0.648. The lowest BCUT2D eigenvalue weighted by Crippen LogP contribution is -2.47. The third-order valence-electron chi connectivity index (χ3n) is 5.80. The molecule has 0 fully saturated rings. The second-order valence-electron chi connectivity index (χ2n) is 8.38. The van der Waals surface area contributed by atoms with Crippen molar-refractivity contribution in [3.8, 4) is 0 Å². The zero-order valence-electron chi connectivity index (χ0n) is 18.7. The maximum absolute atomic E-state index is 13.3. The number of carbonyl (C=O) groups is 3. The standard InChI is InChI=1S/C25H30N4O3/c1-15(2)24(25(27)32)28-21(30)12-13-22(31)29-14-17-8-4-5-9-18(17)16(3)23(26)19-10-6-7-11-20(19)29/h4-11,15,24H,12-14,26H2,1-3H3,(H2,27,32)(H,28,30)/b23-16+/t24-/m0/s1. The molecule has 5 N–H and O–H groups in total. The van der Waals surface area contributed by atoms with Gasteiger partial charge in [0.05, 0.1) is 12.2 Å². The highest BCUT2D eigenvalue weighted by atomic mass is 16.2. The van der Waals surface area contributed by atoms with Crippen LogP contribution in [0.2, 0.25) is 0 Å². The van der Waals surface area contributed by atoms with Gasteiger partial charge in [-0.15, -0.1) is 0 Å². The summed E-state index contributed by atoms with van der Waals surface area (Å²) in [4.78, 5) is 38.9. The molecule has 0 radical (unpaired) electrons. The first-order valence-corrected chi connectivity index (χ1v) is 10.7. The molecule has 1 aliphatic heterocycles. The summed E-state index contributed by atoms with van der Waals surface area (Å²) in [6.07, 6.45) is -0.0471. The van der Waals surface area contributed by atoms with E-state index < -0.39 is 11.9 Å². The van der Waals surface area contributed by atoms with Crippen LogP contribution in [-0.4, -0.2) is 23.8 Å². The molecule has 2 aromatic rings. The van der Waals surface area contributed by atoms with E-state index in [2.05, 4.69) is 5.32 Å². The Bertz CT molecular complexity index is 1070. The lowest BCUT2D eigenvalue weighted by molar-refractivity contribution is -0.129. The normalized spacial score (nSPS) is 16.4. The fourth-order valence-corrected chi connectivity index (χ4v) is 3.95. The Morgan fingerprint density at radius 2 is 1.62 bits per heavy atom. The molecule has 2 aromatic carbocycles. The summed E-state index contributed by atoms with van der Waals surface area (Å²) in [5, 5.41) is 2.63. The van der Waals surface area contributed by atoms with E-state index in [1.54, 1.807) is 18.7 Å². The summed E-state index contributed by atoms with van der Waals surface area (Å²) in [6.45, 7) is 5.95. The number of hydrogen-bond acceptors (Lipinski definition) is 4. The SMILES string of the molecule is C/C1=C(\N)c2ccccc2N(C(=O)CCC(=O)N[C@H](C(N)=O)C(C)C)Cc2ccccc21. The molecule has 0 saturated carbocycles. The Kier molecular flexibility index (Phi) is 6.98. The van der Waals surface area contributed by atoms with E-state index in [1.807, 2.05) is 55.5 Å². The highest BCUT2D eigenvalue weighted by molar-refractivity contribution is 6.02. The van der Waals surface area contributed by atoms with Crippen molar-refractivity contribution in [3.63, 3.8) is 0 Å². The van der Waals surface area contributed by atoms with Gasteiger partial charge in [-0.1, -0.05) is 56.3 Å². The van der Waals surface area contributed by atoms with Crippen molar-refractivity contribution in [1.82, 2.24) is 5.32 Å². The number of anilines is 1. The molecular weight excluding hydrogens is 404 g/mol. The van der Waals surface area contributed by atoms with Crippen molar-refractivity contribution in [2.24, 2.45) is 17.4 Å². The number of allylic oxidation sites excluding steroid dienone is 1. The van der Waals surface area contributed by atoms with Crippen LogP contribution in [0.5, 0.6) is 0 Å². The van der Waals surface area contributed by atoms with Crippen LogP contribution in [0, 0.1) is 5.92 Å². The Balaban J connectivity index is 1.86. The molecule has 7 nitrogen and oxygen atoms in total. The monoisotopic (exact) mass is 434 g/mol. The number of rotatable bonds is 6. The fraction of sp³-hybridized carbons (Fsp3) is 0.320. The molecule has 1 atom stereocenters. The Morgan fingerprint density at radius 3 is 2.28 bits per heavy atom. The average molecular weight is 435 g/mol. The number of benzene rings is 2. The van der Waals surface area contributed by atoms with Gasteiger partial charge in [0.15, 0.2) is 0 Å². The Hall–Kier alpha value is -3.61. The van der Waals surface area contributed by atoms with Crippen LogP contribution in [0.4, 0.5) is 5.69 Å². The van der Waals surface area contributed by atoms with Crippen molar-refractivity contribution >= 4 is 34.7 Å². The summed E-state index contributed by atoms with van der Waals surface area (Å²) in [7, 11) is 0. The van der Waals surface area contributed by atoms with E-state index in [9.17, 15) is 14.4 Å². The van der Waals surface area contributed by atoms with Crippen LogP contribution in [0.25, 0.3) is 11.3 Å². The zero-order valence-corrected chi connectivity index (χ0v) is 18.7. The highest BCUT2D eigenvalue weighted by Crippen LogP contribution is 2.35. The number of para-hydroxylation sites is 1. The van der Waals surface area contributed by atoms with Gasteiger partial charge in [0, 0.05) is 24.1 Å². The van der Waals surface area contributed by atoms with E-state index in [-0.39, 0.29) is 30.6 Å². The van der Waals surface area contributed by atoms with Gasteiger partial charge < -0.3 is 21.7 Å². The third kappa shape index (κ3) is 4.82. The molecule has 0 spiro atoms. The second kappa shape index (κ2) is 9.68. The van der Waals surface area contributed by atoms with Crippen LogP contribution in [-0.2, 0) is 20.9 Å². The van der Waals surface area contributed by atoms with Crippen molar-refractivity contribution in [1.29, 1.82) is 0 Å². The first-order valence-electron chi connectivity index (χ1n) is 10.7. The molecule has 32 heavy (non-hydrogen) atoms. The minimum Gasteiger partial charge on any atom is -0.398 e. The molecule has 3 rings (SSSR count). The van der Waals surface area contributed by atoms with Gasteiger partial charge >= 0.3 is 0 Å². The van der Waals surface area contributed by atoms with Gasteiger partial charge in [-0.2, -0.15) is 0 Å².